The molecular formula is C17H29BNO5P. The van der Waals surface area contributed by atoms with E-state index >= 15 is 0 Å². The molecule has 0 aromatic carbocycles. The fourth-order valence-electron chi connectivity index (χ4n) is 3.47. The van der Waals surface area contributed by atoms with Crippen LogP contribution in [-0.4, -0.2) is 71.3 Å². The maximum absolute atomic E-state index is 6.81. The number of ether oxygens (including phenoxy) is 3. The zero-order valence-corrected chi connectivity index (χ0v) is 16.3. The van der Waals surface area contributed by atoms with E-state index in [0.717, 1.165) is 32.1 Å². The molecule has 0 aromatic rings. The van der Waals surface area contributed by atoms with Crippen LogP contribution in [0.2, 0.25) is 0 Å². The smallest absolute Gasteiger partial charge is 0.238 e. The lowest BCUT2D eigenvalue weighted by molar-refractivity contribution is -0.127. The Balaban J connectivity index is 1.98. The maximum Gasteiger partial charge on any atom is 0.238 e. The topological polar surface area (TPSA) is 50.5 Å². The Hall–Kier alpha value is -0.215. The van der Waals surface area contributed by atoms with Crippen LogP contribution >= 0.6 is 8.38 Å². The molecule has 1 aliphatic carbocycles. The summed E-state index contributed by atoms with van der Waals surface area (Å²) < 4.78 is 29.5. The van der Waals surface area contributed by atoms with Crippen molar-refractivity contribution in [3.63, 3.8) is 0 Å². The number of hydrogen-bond acceptors (Lipinski definition) is 5. The Morgan fingerprint density at radius 3 is 2.60 bits per heavy atom. The first kappa shape index (κ1) is 21.1. The Labute approximate surface area is 154 Å². The highest BCUT2D eigenvalue weighted by molar-refractivity contribution is 7.46. The van der Waals surface area contributed by atoms with Crippen LogP contribution in [-0.2, 0) is 23.3 Å². The van der Waals surface area contributed by atoms with Crippen LogP contribution in [0.4, 0.5) is 0 Å². The van der Waals surface area contributed by atoms with Gasteiger partial charge in [-0.05, 0) is 19.3 Å². The number of rotatable bonds is 9. The highest BCUT2D eigenvalue weighted by Gasteiger charge is 2.46. The molecule has 1 heterocycles. The van der Waals surface area contributed by atoms with Crippen LogP contribution in [0.25, 0.3) is 4.85 Å². The molecule has 7 atom stereocenters. The zero-order valence-electron chi connectivity index (χ0n) is 15.4. The summed E-state index contributed by atoms with van der Waals surface area (Å²) in [7, 11) is 6.82. The summed E-state index contributed by atoms with van der Waals surface area (Å²) in [5.41, 5.74) is 0. The van der Waals surface area contributed by atoms with Gasteiger partial charge in [0.05, 0.1) is 18.3 Å². The second-order valence-electron chi connectivity index (χ2n) is 6.47. The van der Waals surface area contributed by atoms with E-state index in [1.807, 2.05) is 13.6 Å². The molecule has 25 heavy (non-hydrogen) atoms. The Bertz CT molecular complexity index is 438. The van der Waals surface area contributed by atoms with E-state index in [4.69, 9.17) is 37.7 Å². The van der Waals surface area contributed by atoms with Crippen molar-refractivity contribution in [2.75, 3.05) is 26.9 Å². The van der Waals surface area contributed by atoms with Gasteiger partial charge in [0.1, 0.15) is 26.7 Å². The molecule has 0 N–H and O–H groups in total. The summed E-state index contributed by atoms with van der Waals surface area (Å²) in [6.07, 6.45) is 4.48. The summed E-state index contributed by atoms with van der Waals surface area (Å²) in [4.78, 5) is 3.29. The monoisotopic (exact) mass is 369 g/mol. The zero-order chi connectivity index (χ0) is 18.2. The van der Waals surface area contributed by atoms with Crippen LogP contribution in [0.15, 0.2) is 0 Å². The van der Waals surface area contributed by atoms with E-state index in [9.17, 15) is 0 Å². The lowest BCUT2D eigenvalue weighted by atomic mass is 9.90. The minimum absolute atomic E-state index is 0.0197. The molecule has 2 rings (SSSR count). The van der Waals surface area contributed by atoms with Crippen LogP contribution in [0.3, 0.4) is 0 Å². The van der Waals surface area contributed by atoms with Crippen molar-refractivity contribution in [3.05, 3.63) is 11.4 Å². The van der Waals surface area contributed by atoms with Crippen molar-refractivity contribution in [2.24, 2.45) is 0 Å². The highest BCUT2D eigenvalue weighted by atomic mass is 31.2. The summed E-state index contributed by atoms with van der Waals surface area (Å²) in [5.74, 6) is 0. The van der Waals surface area contributed by atoms with E-state index < -0.39 is 14.4 Å². The first-order valence-electron chi connectivity index (χ1n) is 9.06. The Morgan fingerprint density at radius 1 is 1.24 bits per heavy atom. The van der Waals surface area contributed by atoms with Gasteiger partial charge in [-0.1, -0.05) is 19.8 Å². The number of hydrogen-bond donors (Lipinski definition) is 0. The molecule has 0 spiro atoms. The summed E-state index contributed by atoms with van der Waals surface area (Å²) in [5, 5.41) is 0. The molecule has 0 amide bonds. The minimum atomic E-state index is -1.11. The lowest BCUT2D eigenvalue weighted by Crippen LogP contribution is -2.44. The Kier molecular flexibility index (Phi) is 9.13. The molecular weight excluding hydrogens is 340 g/mol. The van der Waals surface area contributed by atoms with E-state index in [1.54, 1.807) is 7.11 Å². The third-order valence-electron chi connectivity index (χ3n) is 4.77. The molecule has 1 aliphatic heterocycles. The number of methoxy groups -OCH3 is 1. The van der Waals surface area contributed by atoms with Crippen molar-refractivity contribution in [1.82, 2.24) is 0 Å². The summed E-state index contributed by atoms with van der Waals surface area (Å²) >= 11 is 0. The second-order valence-corrected chi connectivity index (χ2v) is 7.82. The largest absolute Gasteiger partial charge is 0.379 e. The molecule has 0 aromatic heterocycles. The Morgan fingerprint density at radius 2 is 1.96 bits per heavy atom. The lowest BCUT2D eigenvalue weighted by Gasteiger charge is -2.35. The van der Waals surface area contributed by atoms with Crippen LogP contribution in [0.5, 0.6) is 0 Å². The van der Waals surface area contributed by atoms with E-state index in [0.29, 0.717) is 13.2 Å². The van der Waals surface area contributed by atoms with Gasteiger partial charge in [-0.3, -0.25) is 0 Å². The maximum atomic E-state index is 6.81. The molecule has 0 bridgehead atoms. The highest BCUT2D eigenvalue weighted by Crippen LogP contribution is 2.41. The third-order valence-corrected chi connectivity index (χ3v) is 5.86. The summed E-state index contributed by atoms with van der Waals surface area (Å²) in [6.45, 7) is 11.5. The standard InChI is InChI=1S/C17H29BNO5P/c1-5-12-15(24-25(4)21-11-10-19-2)16(17(18)23-12)22-14-9-7-6-8-13(14)20-3/h12-17H,5-11H2,1,3-4H3/t12-,13-,14-,15?,16+,17-,25?/m1/s1. The van der Waals surface area contributed by atoms with Crippen LogP contribution < -0.4 is 0 Å². The molecule has 2 radical (unpaired) electrons. The van der Waals surface area contributed by atoms with Crippen LogP contribution in [0, 0.1) is 6.57 Å². The van der Waals surface area contributed by atoms with E-state index in [1.165, 1.54) is 0 Å². The SMILES string of the molecule is [B][C@@H]1O[C@H](CC)C(OP(C)OCC[N+]#[C-])[C@@H]1O[C@@H]1CCCC[C@H]1OC. The normalized spacial score (nSPS) is 36.9. The molecule has 2 aliphatic rings. The van der Waals surface area contributed by atoms with Gasteiger partial charge in [0.25, 0.3) is 0 Å². The van der Waals surface area contributed by atoms with Crippen molar-refractivity contribution >= 4 is 16.2 Å². The molecule has 1 saturated heterocycles. The molecule has 6 nitrogen and oxygen atoms in total. The molecule has 1 saturated carbocycles. The third kappa shape index (κ3) is 5.89. The van der Waals surface area contributed by atoms with Gasteiger partial charge >= 0.3 is 0 Å². The van der Waals surface area contributed by atoms with Crippen molar-refractivity contribution in [1.29, 1.82) is 0 Å². The molecule has 140 valence electrons. The average molecular weight is 369 g/mol. The average Bonchev–Trinajstić information content (AvgIpc) is 2.91. The predicted octanol–water partition coefficient (Wildman–Crippen LogP) is 2.90. The van der Waals surface area contributed by atoms with Gasteiger partial charge in [0.2, 0.25) is 6.54 Å². The van der Waals surface area contributed by atoms with Crippen LogP contribution in [0.1, 0.15) is 39.0 Å². The first-order chi connectivity index (χ1) is 12.1. The van der Waals surface area contributed by atoms with Crippen molar-refractivity contribution in [2.45, 2.75) is 75.6 Å². The fourth-order valence-corrected chi connectivity index (χ4v) is 4.47. The first-order valence-corrected chi connectivity index (χ1v) is 10.7. The second kappa shape index (κ2) is 10.8. The fraction of sp³-hybridized carbons (Fsp3) is 0.941. The van der Waals surface area contributed by atoms with Gasteiger partial charge in [-0.2, -0.15) is 0 Å². The van der Waals surface area contributed by atoms with Gasteiger partial charge in [-0.25, -0.2) is 6.57 Å². The van der Waals surface area contributed by atoms with Gasteiger partial charge in [0.15, 0.2) is 8.38 Å². The molecule has 2 fully saturated rings. The quantitative estimate of drug-likeness (QED) is 0.271. The predicted molar refractivity (Wildman–Crippen MR) is 97.8 cm³/mol. The van der Waals surface area contributed by atoms with Gasteiger partial charge < -0.3 is 28.1 Å². The van der Waals surface area contributed by atoms with Gasteiger partial charge in [0, 0.05) is 19.8 Å². The van der Waals surface area contributed by atoms with Gasteiger partial charge in [-0.15, -0.1) is 0 Å². The number of nitrogens with zero attached hydrogens (tertiary/aromatic N) is 1. The van der Waals surface area contributed by atoms with Crippen molar-refractivity contribution in [3.8, 4) is 0 Å². The summed E-state index contributed by atoms with van der Waals surface area (Å²) in [6, 6.07) is -0.513. The van der Waals surface area contributed by atoms with Crippen molar-refractivity contribution < 1.29 is 23.3 Å². The van der Waals surface area contributed by atoms with E-state index in [2.05, 4.69) is 4.85 Å². The minimum Gasteiger partial charge on any atom is -0.379 e. The molecule has 8 heteroatoms. The van der Waals surface area contributed by atoms with E-state index in [-0.39, 0.29) is 30.5 Å². The molecule has 2 unspecified atom stereocenters.